The van der Waals surface area contributed by atoms with Crippen LogP contribution in [0.2, 0.25) is 0 Å². The molecule has 0 radical (unpaired) electrons. The highest BCUT2D eigenvalue weighted by molar-refractivity contribution is 7.89. The molecule has 0 spiro atoms. The third-order valence-electron chi connectivity index (χ3n) is 4.34. The van der Waals surface area contributed by atoms with E-state index >= 15 is 0 Å². The average molecular weight is 355 g/mol. The van der Waals surface area contributed by atoms with Crippen LogP contribution in [0, 0.1) is 5.92 Å². The van der Waals surface area contributed by atoms with Crippen molar-refractivity contribution in [2.24, 2.45) is 5.92 Å². The zero-order valence-corrected chi connectivity index (χ0v) is 14.9. The Morgan fingerprint density at radius 1 is 1.17 bits per heavy atom. The first-order valence-electron chi connectivity index (χ1n) is 7.75. The Balaban J connectivity index is 0.00000192. The smallest absolute Gasteiger partial charge is 0.243 e. The molecule has 4 nitrogen and oxygen atoms in total. The maximum atomic E-state index is 13.1. The van der Waals surface area contributed by atoms with Crippen LogP contribution in [0.4, 0.5) is 0 Å². The quantitative estimate of drug-likeness (QED) is 0.918. The van der Waals surface area contributed by atoms with Crippen molar-refractivity contribution in [3.63, 3.8) is 0 Å². The third-order valence-corrected chi connectivity index (χ3v) is 6.27. The first-order valence-corrected chi connectivity index (χ1v) is 9.19. The van der Waals surface area contributed by atoms with E-state index in [9.17, 15) is 8.42 Å². The summed E-state index contributed by atoms with van der Waals surface area (Å²) in [6.45, 7) is 2.08. The van der Waals surface area contributed by atoms with E-state index in [-0.39, 0.29) is 12.4 Å². The van der Waals surface area contributed by atoms with Gasteiger partial charge in [-0.3, -0.25) is 0 Å². The Hall–Kier alpha value is -1.14. The van der Waals surface area contributed by atoms with Gasteiger partial charge in [-0.05, 0) is 43.8 Å². The number of nitrogens with one attached hydrogen (secondary N) is 1. The predicted molar refractivity (Wildman–Crippen MR) is 96.6 cm³/mol. The summed E-state index contributed by atoms with van der Waals surface area (Å²) in [5.74, 6) is 0.392. The van der Waals surface area contributed by atoms with Crippen molar-refractivity contribution in [3.8, 4) is 0 Å². The van der Waals surface area contributed by atoms with Gasteiger partial charge in [0.05, 0.1) is 4.90 Å². The molecule has 1 heterocycles. The first kappa shape index (κ1) is 18.2. The number of rotatable bonds is 4. The molecule has 0 amide bonds. The molecule has 0 saturated carbocycles. The predicted octanol–water partition coefficient (Wildman–Crippen LogP) is 2.88. The summed E-state index contributed by atoms with van der Waals surface area (Å²) in [5.41, 5.74) is 0. The Labute approximate surface area is 144 Å². The van der Waals surface area contributed by atoms with Crippen molar-refractivity contribution < 1.29 is 8.42 Å². The second kappa shape index (κ2) is 7.62. The largest absolute Gasteiger partial charge is 0.319 e. The fourth-order valence-electron chi connectivity index (χ4n) is 3.26. The summed E-state index contributed by atoms with van der Waals surface area (Å²) in [5, 5.41) is 4.93. The van der Waals surface area contributed by atoms with Gasteiger partial charge in [0.15, 0.2) is 0 Å². The van der Waals surface area contributed by atoms with Gasteiger partial charge >= 0.3 is 0 Å². The molecule has 3 rings (SSSR count). The summed E-state index contributed by atoms with van der Waals surface area (Å²) in [6, 6.07) is 13.2. The molecule has 1 N–H and O–H groups in total. The maximum Gasteiger partial charge on any atom is 0.243 e. The van der Waals surface area contributed by atoms with Gasteiger partial charge in [-0.1, -0.05) is 36.4 Å². The maximum absolute atomic E-state index is 13.1. The van der Waals surface area contributed by atoms with Gasteiger partial charge in [-0.15, -0.1) is 12.4 Å². The second-order valence-electron chi connectivity index (χ2n) is 5.91. The van der Waals surface area contributed by atoms with Crippen LogP contribution in [0.25, 0.3) is 10.8 Å². The molecule has 1 aliphatic rings. The van der Waals surface area contributed by atoms with Crippen molar-refractivity contribution in [3.05, 3.63) is 42.5 Å². The summed E-state index contributed by atoms with van der Waals surface area (Å²) in [6.07, 6.45) is 2.01. The van der Waals surface area contributed by atoms with E-state index in [1.165, 1.54) is 0 Å². The number of benzene rings is 2. The molecule has 1 unspecified atom stereocenters. The molecule has 1 aliphatic heterocycles. The Morgan fingerprint density at radius 2 is 1.91 bits per heavy atom. The number of nitrogens with zero attached hydrogens (tertiary/aromatic N) is 1. The topological polar surface area (TPSA) is 49.4 Å². The van der Waals surface area contributed by atoms with Crippen molar-refractivity contribution in [2.45, 2.75) is 17.7 Å². The molecule has 0 bridgehead atoms. The van der Waals surface area contributed by atoms with Crippen LogP contribution >= 0.6 is 12.4 Å². The highest BCUT2D eigenvalue weighted by atomic mass is 35.5. The fraction of sp³-hybridized carbons (Fsp3) is 0.412. The molecule has 0 aliphatic carbocycles. The van der Waals surface area contributed by atoms with Gasteiger partial charge in [-0.25, -0.2) is 8.42 Å². The zero-order chi connectivity index (χ0) is 15.6. The average Bonchev–Trinajstić information content (AvgIpc) is 2.55. The molecular formula is C17H23ClN2O2S. The van der Waals surface area contributed by atoms with Gasteiger partial charge in [0.2, 0.25) is 10.0 Å². The van der Waals surface area contributed by atoms with E-state index in [0.717, 1.165) is 30.2 Å². The molecule has 23 heavy (non-hydrogen) atoms. The number of halogens is 1. The second-order valence-corrected chi connectivity index (χ2v) is 7.81. The summed E-state index contributed by atoms with van der Waals surface area (Å²) in [7, 11) is -1.52. The van der Waals surface area contributed by atoms with Crippen LogP contribution in [0.3, 0.4) is 0 Å². The number of sulfonamides is 1. The number of fused-ring (bicyclic) bond motifs is 1. The van der Waals surface area contributed by atoms with E-state index in [1.807, 2.05) is 43.4 Å². The normalized spacial score (nSPS) is 19.4. The lowest BCUT2D eigenvalue weighted by Gasteiger charge is -2.32. The van der Waals surface area contributed by atoms with Crippen LogP contribution in [0.1, 0.15) is 12.8 Å². The van der Waals surface area contributed by atoms with E-state index in [0.29, 0.717) is 23.9 Å². The molecular weight excluding hydrogens is 332 g/mol. The molecule has 0 aromatic heterocycles. The summed E-state index contributed by atoms with van der Waals surface area (Å²) < 4.78 is 27.8. The molecule has 1 atom stereocenters. The zero-order valence-electron chi connectivity index (χ0n) is 13.2. The Kier molecular flexibility index (Phi) is 6.03. The fourth-order valence-corrected chi connectivity index (χ4v) is 5.03. The number of hydrogen-bond acceptors (Lipinski definition) is 3. The molecule has 2 aromatic carbocycles. The lowest BCUT2D eigenvalue weighted by molar-refractivity contribution is 0.263. The van der Waals surface area contributed by atoms with Crippen LogP contribution in [-0.2, 0) is 10.0 Å². The van der Waals surface area contributed by atoms with Gasteiger partial charge in [-0.2, -0.15) is 4.31 Å². The van der Waals surface area contributed by atoms with Crippen molar-refractivity contribution in [1.82, 2.24) is 9.62 Å². The third kappa shape index (κ3) is 3.69. The van der Waals surface area contributed by atoms with Crippen molar-refractivity contribution in [1.29, 1.82) is 0 Å². The van der Waals surface area contributed by atoms with E-state index < -0.39 is 10.0 Å². The first-order chi connectivity index (χ1) is 10.6. The van der Waals surface area contributed by atoms with Crippen LogP contribution in [-0.4, -0.2) is 39.4 Å². The van der Waals surface area contributed by atoms with E-state index in [1.54, 1.807) is 10.4 Å². The van der Waals surface area contributed by atoms with Gasteiger partial charge < -0.3 is 5.32 Å². The minimum Gasteiger partial charge on any atom is -0.319 e. The van der Waals surface area contributed by atoms with Gasteiger partial charge in [0, 0.05) is 18.5 Å². The molecule has 2 aromatic rings. The highest BCUT2D eigenvalue weighted by Crippen LogP contribution is 2.28. The minimum absolute atomic E-state index is 0. The SMILES string of the molecule is CNCC1CCCN(S(=O)(=O)c2cccc3ccccc23)C1.Cl. The van der Waals surface area contributed by atoms with Gasteiger partial charge in [0.1, 0.15) is 0 Å². The lowest BCUT2D eigenvalue weighted by Crippen LogP contribution is -2.42. The van der Waals surface area contributed by atoms with Crippen molar-refractivity contribution >= 4 is 33.2 Å². The van der Waals surface area contributed by atoms with Gasteiger partial charge in [0.25, 0.3) is 0 Å². The Bertz CT molecular complexity index is 757. The van der Waals surface area contributed by atoms with Crippen LogP contribution in [0.5, 0.6) is 0 Å². The highest BCUT2D eigenvalue weighted by Gasteiger charge is 2.30. The minimum atomic E-state index is -3.43. The monoisotopic (exact) mass is 354 g/mol. The summed E-state index contributed by atoms with van der Waals surface area (Å²) in [4.78, 5) is 0.427. The summed E-state index contributed by atoms with van der Waals surface area (Å²) >= 11 is 0. The Morgan fingerprint density at radius 3 is 2.70 bits per heavy atom. The molecule has 1 saturated heterocycles. The molecule has 1 fully saturated rings. The standard InChI is InChI=1S/C17H22N2O2S.ClH/c1-18-12-14-6-5-11-19(13-14)22(20,21)17-10-4-8-15-7-2-3-9-16(15)17;/h2-4,7-10,14,18H,5-6,11-13H2,1H3;1H. The van der Waals surface area contributed by atoms with E-state index in [2.05, 4.69) is 5.32 Å². The lowest BCUT2D eigenvalue weighted by atomic mass is 10.00. The molecule has 126 valence electrons. The van der Waals surface area contributed by atoms with Crippen molar-refractivity contribution in [2.75, 3.05) is 26.7 Å². The number of piperidine rings is 1. The van der Waals surface area contributed by atoms with Crippen LogP contribution in [0.15, 0.2) is 47.4 Å². The number of hydrogen-bond donors (Lipinski definition) is 1. The van der Waals surface area contributed by atoms with E-state index in [4.69, 9.17) is 0 Å². The molecule has 6 heteroatoms. The van der Waals surface area contributed by atoms with Crippen LogP contribution < -0.4 is 5.32 Å².